The van der Waals surface area contributed by atoms with Gasteiger partial charge >= 0.3 is 6.09 Å². The molecule has 2 aromatic rings. The summed E-state index contributed by atoms with van der Waals surface area (Å²) < 4.78 is 5.45. The highest BCUT2D eigenvalue weighted by atomic mass is 16.7. The second kappa shape index (κ2) is 9.65. The highest BCUT2D eigenvalue weighted by molar-refractivity contribution is 5.94. The predicted molar refractivity (Wildman–Crippen MR) is 112 cm³/mol. The first kappa shape index (κ1) is 21.7. The maximum Gasteiger partial charge on any atom is 0.415 e. The number of benzene rings is 1. The third kappa shape index (κ3) is 6.50. The van der Waals surface area contributed by atoms with Crippen molar-refractivity contribution in [1.29, 1.82) is 0 Å². The van der Waals surface area contributed by atoms with Crippen molar-refractivity contribution in [3.63, 3.8) is 0 Å². The molecular weight excluding hydrogens is 384 g/mol. The molecule has 2 heterocycles. The number of amides is 2. The fourth-order valence-corrected chi connectivity index (χ4v) is 3.11. The van der Waals surface area contributed by atoms with Crippen LogP contribution in [0.25, 0.3) is 0 Å². The first-order valence-electron chi connectivity index (χ1n) is 10.3. The van der Waals surface area contributed by atoms with Crippen molar-refractivity contribution in [3.05, 3.63) is 48.3 Å². The zero-order valence-electron chi connectivity index (χ0n) is 17.8. The minimum atomic E-state index is -0.394. The van der Waals surface area contributed by atoms with E-state index >= 15 is 0 Å². The lowest BCUT2D eigenvalue weighted by Crippen LogP contribution is -2.44. The van der Waals surface area contributed by atoms with Gasteiger partial charge in [0.1, 0.15) is 11.9 Å². The van der Waals surface area contributed by atoms with E-state index in [2.05, 4.69) is 31.2 Å². The van der Waals surface area contributed by atoms with Crippen LogP contribution in [0.15, 0.2) is 42.7 Å². The van der Waals surface area contributed by atoms with E-state index in [0.717, 1.165) is 6.42 Å². The maximum atomic E-state index is 12.4. The Bertz CT molecular complexity index is 820. The maximum absolute atomic E-state index is 12.4. The average Bonchev–Trinajstić information content (AvgIpc) is 3.21. The topological polar surface area (TPSA) is 85.7 Å². The minimum absolute atomic E-state index is 0.0185. The summed E-state index contributed by atoms with van der Waals surface area (Å²) >= 11 is 0. The second-order valence-corrected chi connectivity index (χ2v) is 8.66. The molecule has 0 bridgehead atoms. The number of aromatic nitrogens is 2. The lowest BCUT2D eigenvalue weighted by molar-refractivity contribution is -0.0162. The molecule has 8 nitrogen and oxygen atoms in total. The van der Waals surface area contributed by atoms with Crippen LogP contribution in [-0.2, 0) is 0 Å². The van der Waals surface area contributed by atoms with E-state index in [1.807, 2.05) is 0 Å². The van der Waals surface area contributed by atoms with Gasteiger partial charge in [-0.1, -0.05) is 20.8 Å². The van der Waals surface area contributed by atoms with E-state index in [1.54, 1.807) is 47.6 Å². The molecule has 2 amide bonds. The van der Waals surface area contributed by atoms with Crippen molar-refractivity contribution in [2.24, 2.45) is 5.41 Å². The SMILES string of the molecule is CC(C)(C)CCNC(=O)c1ccc(OC(=O)N2CCC(On3cccn3)CC2)cc1. The predicted octanol–water partition coefficient (Wildman–Crippen LogP) is 3.14. The molecule has 30 heavy (non-hydrogen) atoms. The number of piperidine rings is 1. The van der Waals surface area contributed by atoms with Crippen molar-refractivity contribution in [2.45, 2.75) is 46.1 Å². The van der Waals surface area contributed by atoms with Gasteiger partial charge in [0.25, 0.3) is 5.91 Å². The first-order valence-corrected chi connectivity index (χ1v) is 10.3. The molecule has 1 fully saturated rings. The fourth-order valence-electron chi connectivity index (χ4n) is 3.11. The van der Waals surface area contributed by atoms with Crippen LogP contribution in [0.4, 0.5) is 4.79 Å². The third-order valence-electron chi connectivity index (χ3n) is 4.92. The van der Waals surface area contributed by atoms with Crippen LogP contribution in [-0.4, -0.2) is 52.6 Å². The van der Waals surface area contributed by atoms with Crippen molar-refractivity contribution < 1.29 is 19.2 Å². The summed E-state index contributed by atoms with van der Waals surface area (Å²) in [5, 5.41) is 6.94. The van der Waals surface area contributed by atoms with E-state index in [1.165, 1.54) is 4.85 Å². The fraction of sp³-hybridized carbons (Fsp3) is 0.500. The van der Waals surface area contributed by atoms with Gasteiger partial charge in [0, 0.05) is 38.0 Å². The smallest absolute Gasteiger partial charge is 0.410 e. The van der Waals surface area contributed by atoms with Crippen molar-refractivity contribution in [3.8, 4) is 5.75 Å². The summed E-state index contributed by atoms with van der Waals surface area (Å²) in [6, 6.07) is 8.42. The van der Waals surface area contributed by atoms with Gasteiger partial charge in [0.2, 0.25) is 0 Å². The van der Waals surface area contributed by atoms with E-state index in [9.17, 15) is 9.59 Å². The van der Waals surface area contributed by atoms with E-state index in [4.69, 9.17) is 9.57 Å². The minimum Gasteiger partial charge on any atom is -0.410 e. The van der Waals surface area contributed by atoms with Crippen LogP contribution in [0.3, 0.4) is 0 Å². The number of likely N-dealkylation sites (tertiary alicyclic amines) is 1. The molecule has 1 aliphatic rings. The number of carbonyl (C=O) groups is 2. The quantitative estimate of drug-likeness (QED) is 0.785. The second-order valence-electron chi connectivity index (χ2n) is 8.66. The summed E-state index contributed by atoms with van der Waals surface area (Å²) in [5.41, 5.74) is 0.714. The van der Waals surface area contributed by atoms with E-state index in [0.29, 0.717) is 43.8 Å². The summed E-state index contributed by atoms with van der Waals surface area (Å²) in [6.07, 6.45) is 5.35. The molecule has 3 rings (SSSR count). The molecule has 8 heteroatoms. The van der Waals surface area contributed by atoms with Crippen LogP contribution < -0.4 is 14.9 Å². The number of ether oxygens (including phenoxy) is 1. The highest BCUT2D eigenvalue weighted by Gasteiger charge is 2.25. The number of hydrogen-bond donors (Lipinski definition) is 1. The zero-order valence-corrected chi connectivity index (χ0v) is 17.8. The molecule has 0 radical (unpaired) electrons. The Kier molecular flexibility index (Phi) is 6.97. The van der Waals surface area contributed by atoms with Crippen LogP contribution in [0.1, 0.15) is 50.4 Å². The molecule has 0 atom stereocenters. The molecule has 1 N–H and O–H groups in total. The Morgan fingerprint density at radius 2 is 1.87 bits per heavy atom. The standard InChI is InChI=1S/C22H30N4O4/c1-22(2,3)11-13-23-20(27)17-5-7-18(8-6-17)29-21(28)25-15-9-19(10-16-25)30-26-14-4-12-24-26/h4-8,12,14,19H,9-11,13,15-16H2,1-3H3,(H,23,27). The van der Waals surface area contributed by atoms with E-state index in [-0.39, 0.29) is 17.4 Å². The third-order valence-corrected chi connectivity index (χ3v) is 4.92. The average molecular weight is 415 g/mol. The van der Waals surface area contributed by atoms with Crippen LogP contribution in [0.2, 0.25) is 0 Å². The molecule has 162 valence electrons. The van der Waals surface area contributed by atoms with Crippen molar-refractivity contribution in [2.75, 3.05) is 19.6 Å². The molecule has 0 aliphatic carbocycles. The van der Waals surface area contributed by atoms with Gasteiger partial charge in [-0.3, -0.25) is 4.79 Å². The van der Waals surface area contributed by atoms with Crippen LogP contribution in [0.5, 0.6) is 5.75 Å². The molecule has 1 aliphatic heterocycles. The Hall–Kier alpha value is -3.03. The van der Waals surface area contributed by atoms with E-state index < -0.39 is 6.09 Å². The molecule has 1 saturated heterocycles. The molecular formula is C22H30N4O4. The Morgan fingerprint density at radius 1 is 1.17 bits per heavy atom. The molecule has 0 spiro atoms. The van der Waals surface area contributed by atoms with Crippen LogP contribution in [0, 0.1) is 5.41 Å². The Labute approximate surface area is 177 Å². The number of nitrogens with one attached hydrogen (secondary N) is 1. The lowest BCUT2D eigenvalue weighted by Gasteiger charge is -2.30. The molecule has 1 aromatic heterocycles. The van der Waals surface area contributed by atoms with Gasteiger partial charge < -0.3 is 19.8 Å². The monoisotopic (exact) mass is 414 g/mol. The summed E-state index contributed by atoms with van der Waals surface area (Å²) in [4.78, 5) is 33.4. The first-order chi connectivity index (χ1) is 14.3. The van der Waals surface area contributed by atoms with Gasteiger partial charge in [-0.25, -0.2) is 4.79 Å². The van der Waals surface area contributed by atoms with Gasteiger partial charge in [-0.05, 0) is 42.2 Å². The van der Waals surface area contributed by atoms with Crippen molar-refractivity contribution in [1.82, 2.24) is 20.2 Å². The zero-order chi connectivity index (χ0) is 21.6. The largest absolute Gasteiger partial charge is 0.415 e. The molecule has 0 unspecified atom stereocenters. The molecule has 0 saturated carbocycles. The van der Waals surface area contributed by atoms with Gasteiger partial charge in [0.05, 0.1) is 12.4 Å². The van der Waals surface area contributed by atoms with Crippen molar-refractivity contribution >= 4 is 12.0 Å². The number of carbonyl (C=O) groups excluding carboxylic acids is 2. The van der Waals surface area contributed by atoms with Gasteiger partial charge in [0.15, 0.2) is 0 Å². The summed E-state index contributed by atoms with van der Waals surface area (Å²) in [6.45, 7) is 8.14. The normalized spacial score (nSPS) is 15.0. The summed E-state index contributed by atoms with van der Waals surface area (Å²) in [7, 11) is 0. The Morgan fingerprint density at radius 3 is 2.47 bits per heavy atom. The van der Waals surface area contributed by atoms with Crippen LogP contribution >= 0.6 is 0 Å². The highest BCUT2D eigenvalue weighted by Crippen LogP contribution is 2.18. The lowest BCUT2D eigenvalue weighted by atomic mass is 9.92. The number of rotatable bonds is 6. The summed E-state index contributed by atoms with van der Waals surface area (Å²) in [5.74, 6) is 0.289. The molecule has 1 aromatic carbocycles. The van der Waals surface area contributed by atoms with Gasteiger partial charge in [-0.15, -0.1) is 9.94 Å². The van der Waals surface area contributed by atoms with Gasteiger partial charge in [-0.2, -0.15) is 0 Å². The number of hydrogen-bond acceptors (Lipinski definition) is 5. The number of nitrogens with zero attached hydrogens (tertiary/aromatic N) is 3. The Balaban J connectivity index is 1.42.